The predicted octanol–water partition coefficient (Wildman–Crippen LogP) is 1.69. The first-order chi connectivity index (χ1) is 8.15. The van der Waals surface area contributed by atoms with Crippen molar-refractivity contribution in [2.75, 3.05) is 7.11 Å². The van der Waals surface area contributed by atoms with Crippen LogP contribution in [0.3, 0.4) is 0 Å². The highest BCUT2D eigenvalue weighted by Gasteiger charge is 2.24. The van der Waals surface area contributed by atoms with Gasteiger partial charge in [-0.15, -0.1) is 0 Å². The maximum absolute atomic E-state index is 10.8. The van der Waals surface area contributed by atoms with E-state index >= 15 is 0 Å². The third-order valence-corrected chi connectivity index (χ3v) is 3.24. The van der Waals surface area contributed by atoms with E-state index in [1.165, 1.54) is 12.7 Å². The maximum Gasteiger partial charge on any atom is 0.337 e. The van der Waals surface area contributed by atoms with Gasteiger partial charge in [0.15, 0.2) is 6.10 Å². The highest BCUT2D eigenvalue weighted by molar-refractivity contribution is 5.75. The van der Waals surface area contributed by atoms with Crippen LogP contribution in [0.25, 0.3) is 0 Å². The molecule has 4 nitrogen and oxygen atoms in total. The zero-order chi connectivity index (χ0) is 12.4. The average Bonchev–Trinajstić information content (AvgIpc) is 2.36. The smallest absolute Gasteiger partial charge is 0.337 e. The van der Waals surface area contributed by atoms with Gasteiger partial charge in [-0.05, 0) is 36.8 Å². The topological polar surface area (TPSA) is 66.8 Å². The van der Waals surface area contributed by atoms with Gasteiger partial charge < -0.3 is 14.9 Å². The summed E-state index contributed by atoms with van der Waals surface area (Å²) in [6.07, 6.45) is 2.60. The lowest BCUT2D eigenvalue weighted by Gasteiger charge is -2.22. The molecule has 2 rings (SSSR count). The van der Waals surface area contributed by atoms with Crippen LogP contribution in [0.15, 0.2) is 12.1 Å². The van der Waals surface area contributed by atoms with Gasteiger partial charge in [-0.3, -0.25) is 0 Å². The van der Waals surface area contributed by atoms with Crippen LogP contribution in [0, 0.1) is 0 Å². The number of carboxylic acids is 1. The number of aliphatic hydroxyl groups excluding tert-OH is 1. The van der Waals surface area contributed by atoms with Crippen molar-refractivity contribution >= 4 is 5.97 Å². The van der Waals surface area contributed by atoms with Crippen LogP contribution in [0.5, 0.6) is 5.75 Å². The van der Waals surface area contributed by atoms with Crippen LogP contribution in [0.1, 0.15) is 35.6 Å². The number of ether oxygens (including phenoxy) is 1. The molecule has 0 radical (unpaired) electrons. The molecule has 0 spiro atoms. The van der Waals surface area contributed by atoms with Crippen LogP contribution in [0.4, 0.5) is 0 Å². The lowest BCUT2D eigenvalue weighted by molar-refractivity contribution is -0.147. The Kier molecular flexibility index (Phi) is 3.33. The van der Waals surface area contributed by atoms with Crippen LogP contribution in [-0.2, 0) is 17.6 Å². The summed E-state index contributed by atoms with van der Waals surface area (Å²) in [5.41, 5.74) is 2.60. The fraction of sp³-hybridized carbons (Fsp3) is 0.462. The largest absolute Gasteiger partial charge is 0.496 e. The second-order valence-corrected chi connectivity index (χ2v) is 4.27. The number of aryl methyl sites for hydroxylation is 1. The Labute approximate surface area is 99.8 Å². The Morgan fingerprint density at radius 1 is 1.35 bits per heavy atom. The highest BCUT2D eigenvalue weighted by atomic mass is 16.5. The van der Waals surface area contributed by atoms with Crippen molar-refractivity contribution in [3.63, 3.8) is 0 Å². The van der Waals surface area contributed by atoms with E-state index in [2.05, 4.69) is 0 Å². The molecule has 1 aromatic rings. The number of fused-ring (bicyclic) bond motifs is 1. The Hall–Kier alpha value is -1.55. The first-order valence-corrected chi connectivity index (χ1v) is 5.74. The van der Waals surface area contributed by atoms with E-state index in [1.54, 1.807) is 6.07 Å². The molecule has 0 fully saturated rings. The molecule has 1 aromatic carbocycles. The van der Waals surface area contributed by atoms with Crippen molar-refractivity contribution in [1.82, 2.24) is 0 Å². The number of hydrogen-bond donors (Lipinski definition) is 2. The standard InChI is InChI=1S/C13H16O4/c1-17-12-9-5-3-2-4-8(9)6-7-10(12)11(14)13(15)16/h6-7,11,14H,2-5H2,1H3,(H,15,16). The predicted molar refractivity (Wildman–Crippen MR) is 62.2 cm³/mol. The molecular weight excluding hydrogens is 220 g/mol. The first-order valence-electron chi connectivity index (χ1n) is 5.74. The molecule has 1 aliphatic rings. The van der Waals surface area contributed by atoms with Crippen LogP contribution < -0.4 is 4.74 Å². The van der Waals surface area contributed by atoms with Crippen LogP contribution in [-0.4, -0.2) is 23.3 Å². The van der Waals surface area contributed by atoms with E-state index in [9.17, 15) is 9.90 Å². The summed E-state index contributed by atoms with van der Waals surface area (Å²) in [6, 6.07) is 3.56. The summed E-state index contributed by atoms with van der Waals surface area (Å²) in [7, 11) is 1.52. The molecular formula is C13H16O4. The Morgan fingerprint density at radius 2 is 2.06 bits per heavy atom. The van der Waals surface area contributed by atoms with Crippen LogP contribution >= 0.6 is 0 Å². The molecule has 0 aliphatic heterocycles. The lowest BCUT2D eigenvalue weighted by atomic mass is 9.88. The van der Waals surface area contributed by atoms with Crippen molar-refractivity contribution in [3.05, 3.63) is 28.8 Å². The molecule has 0 bridgehead atoms. The Morgan fingerprint density at radius 3 is 2.71 bits per heavy atom. The van der Waals surface area contributed by atoms with Gasteiger partial charge in [0.2, 0.25) is 0 Å². The van der Waals surface area contributed by atoms with E-state index in [0.717, 1.165) is 31.2 Å². The molecule has 1 unspecified atom stereocenters. The molecule has 0 saturated heterocycles. The maximum atomic E-state index is 10.8. The molecule has 0 aromatic heterocycles. The molecule has 1 atom stereocenters. The average molecular weight is 236 g/mol. The van der Waals surface area contributed by atoms with Gasteiger partial charge in [0.25, 0.3) is 0 Å². The number of rotatable bonds is 3. The van der Waals surface area contributed by atoms with Crippen LogP contribution in [0.2, 0.25) is 0 Å². The van der Waals surface area contributed by atoms with Crippen molar-refractivity contribution in [2.24, 2.45) is 0 Å². The fourth-order valence-corrected chi connectivity index (χ4v) is 2.40. The van der Waals surface area contributed by atoms with Gasteiger partial charge in [0.05, 0.1) is 7.11 Å². The third-order valence-electron chi connectivity index (χ3n) is 3.24. The minimum absolute atomic E-state index is 0.348. The SMILES string of the molecule is COc1c(C(O)C(=O)O)ccc2c1CCCC2. The summed E-state index contributed by atoms with van der Waals surface area (Å²) in [4.78, 5) is 10.8. The number of carboxylic acid groups (broad SMARTS) is 1. The molecule has 0 saturated carbocycles. The molecule has 92 valence electrons. The van der Waals surface area contributed by atoms with Crippen molar-refractivity contribution < 1.29 is 19.7 Å². The normalized spacial score (nSPS) is 16.1. The van der Waals surface area contributed by atoms with Crippen molar-refractivity contribution in [2.45, 2.75) is 31.8 Å². The van der Waals surface area contributed by atoms with E-state index in [0.29, 0.717) is 11.3 Å². The Balaban J connectivity index is 2.50. The third kappa shape index (κ3) is 2.13. The van der Waals surface area contributed by atoms with Gasteiger partial charge in [-0.25, -0.2) is 4.79 Å². The molecule has 0 amide bonds. The molecule has 4 heteroatoms. The zero-order valence-corrected chi connectivity index (χ0v) is 9.77. The minimum Gasteiger partial charge on any atom is -0.496 e. The second-order valence-electron chi connectivity index (χ2n) is 4.27. The number of aliphatic hydroxyl groups is 1. The number of benzene rings is 1. The van der Waals surface area contributed by atoms with Crippen molar-refractivity contribution in [3.8, 4) is 5.75 Å². The summed E-state index contributed by atoms with van der Waals surface area (Å²) in [5, 5.41) is 18.5. The van der Waals surface area contributed by atoms with E-state index in [1.807, 2.05) is 6.07 Å². The fourth-order valence-electron chi connectivity index (χ4n) is 2.40. The lowest BCUT2D eigenvalue weighted by Crippen LogP contribution is -2.14. The number of aliphatic carboxylic acids is 1. The summed E-state index contributed by atoms with van der Waals surface area (Å²) in [6.45, 7) is 0. The molecule has 17 heavy (non-hydrogen) atoms. The minimum atomic E-state index is -1.52. The number of carbonyl (C=O) groups is 1. The summed E-state index contributed by atoms with van der Waals surface area (Å²) >= 11 is 0. The van der Waals surface area contributed by atoms with Gasteiger partial charge in [0.1, 0.15) is 5.75 Å². The monoisotopic (exact) mass is 236 g/mol. The molecule has 2 N–H and O–H groups in total. The summed E-state index contributed by atoms with van der Waals surface area (Å²) < 4.78 is 5.29. The number of methoxy groups -OCH3 is 1. The van der Waals surface area contributed by atoms with Gasteiger partial charge in [-0.2, -0.15) is 0 Å². The van der Waals surface area contributed by atoms with Gasteiger partial charge in [0, 0.05) is 5.56 Å². The van der Waals surface area contributed by atoms with E-state index in [4.69, 9.17) is 9.84 Å². The van der Waals surface area contributed by atoms with Crippen molar-refractivity contribution in [1.29, 1.82) is 0 Å². The van der Waals surface area contributed by atoms with Gasteiger partial charge >= 0.3 is 5.97 Å². The summed E-state index contributed by atoms with van der Waals surface area (Å²) in [5.74, 6) is -0.712. The van der Waals surface area contributed by atoms with E-state index < -0.39 is 12.1 Å². The van der Waals surface area contributed by atoms with E-state index in [-0.39, 0.29) is 0 Å². The molecule has 1 aliphatic carbocycles. The number of hydrogen-bond acceptors (Lipinski definition) is 3. The van der Waals surface area contributed by atoms with Gasteiger partial charge in [-0.1, -0.05) is 12.1 Å². The zero-order valence-electron chi connectivity index (χ0n) is 9.77. The Bertz CT molecular complexity index is 439. The highest BCUT2D eigenvalue weighted by Crippen LogP contribution is 2.35. The second kappa shape index (κ2) is 4.75. The molecule has 0 heterocycles. The quantitative estimate of drug-likeness (QED) is 0.838. The first kappa shape index (κ1) is 11.9.